The van der Waals surface area contributed by atoms with Crippen LogP contribution in [0.3, 0.4) is 0 Å². The Labute approximate surface area is 123 Å². The fourth-order valence-corrected chi connectivity index (χ4v) is 3.19. The number of benzene rings is 1. The monoisotopic (exact) mass is 287 g/mol. The van der Waals surface area contributed by atoms with Crippen molar-refractivity contribution in [1.82, 2.24) is 4.57 Å². The largest absolute Gasteiger partial charge is 0.494 e. The summed E-state index contributed by atoms with van der Waals surface area (Å²) in [5, 5.41) is 13.1. The molecule has 1 N–H and O–H groups in total. The highest BCUT2D eigenvalue weighted by molar-refractivity contribution is 6.32. The van der Waals surface area contributed by atoms with Gasteiger partial charge < -0.3 is 5.11 Å². The maximum atomic E-state index is 10.3. The summed E-state index contributed by atoms with van der Waals surface area (Å²) in [4.78, 5) is 0. The zero-order valence-electron chi connectivity index (χ0n) is 11.7. The lowest BCUT2D eigenvalue weighted by Crippen LogP contribution is -2.32. The number of nitrogens with zero attached hydrogens (tertiary/aromatic N) is 1. The van der Waals surface area contributed by atoms with Crippen molar-refractivity contribution in [2.45, 2.75) is 26.7 Å². The van der Waals surface area contributed by atoms with E-state index < -0.39 is 0 Å². The SMILES string of the molecule is CCC1C=c2cc(O)n(-c3c(C)cccc3Cl)c2=CC1. The van der Waals surface area contributed by atoms with E-state index in [4.69, 9.17) is 11.6 Å². The summed E-state index contributed by atoms with van der Waals surface area (Å²) in [5.74, 6) is 0.806. The Hall–Kier alpha value is -1.67. The first-order valence-corrected chi connectivity index (χ1v) is 7.38. The average Bonchev–Trinajstić information content (AvgIpc) is 2.74. The molecular weight excluding hydrogens is 270 g/mol. The number of para-hydroxylation sites is 1. The van der Waals surface area contributed by atoms with Crippen LogP contribution in [0.25, 0.3) is 17.8 Å². The van der Waals surface area contributed by atoms with Crippen LogP contribution in [0.15, 0.2) is 24.3 Å². The standard InChI is InChI=1S/C17H18ClNO/c1-3-12-7-8-15-13(9-12)10-16(20)19(15)17-11(2)5-4-6-14(17)18/h4-6,8-10,12,20H,3,7H2,1-2H3. The van der Waals surface area contributed by atoms with Crippen LogP contribution in [0.4, 0.5) is 0 Å². The lowest BCUT2D eigenvalue weighted by atomic mass is 9.97. The van der Waals surface area contributed by atoms with Gasteiger partial charge in [-0.3, -0.25) is 4.57 Å². The average molecular weight is 288 g/mol. The van der Waals surface area contributed by atoms with E-state index in [0.717, 1.165) is 34.7 Å². The van der Waals surface area contributed by atoms with E-state index in [1.54, 1.807) is 0 Å². The molecule has 0 spiro atoms. The van der Waals surface area contributed by atoms with Crippen molar-refractivity contribution < 1.29 is 5.11 Å². The molecule has 20 heavy (non-hydrogen) atoms. The fraction of sp³-hybridized carbons (Fsp3) is 0.294. The minimum Gasteiger partial charge on any atom is -0.494 e. The fourth-order valence-electron chi connectivity index (χ4n) is 2.88. The topological polar surface area (TPSA) is 25.2 Å². The zero-order valence-corrected chi connectivity index (χ0v) is 12.5. The molecule has 3 rings (SSSR count). The van der Waals surface area contributed by atoms with Crippen LogP contribution in [0.2, 0.25) is 5.02 Å². The van der Waals surface area contributed by atoms with Gasteiger partial charge in [-0.1, -0.05) is 42.8 Å². The molecule has 2 aromatic rings. The first-order chi connectivity index (χ1) is 9.61. The highest BCUT2D eigenvalue weighted by Gasteiger charge is 2.15. The minimum absolute atomic E-state index is 0.246. The van der Waals surface area contributed by atoms with Crippen molar-refractivity contribution in [3.05, 3.63) is 45.4 Å². The molecule has 1 heterocycles. The normalized spacial score (nSPS) is 17.2. The summed E-state index contributed by atoms with van der Waals surface area (Å²) in [6.45, 7) is 4.20. The first kappa shape index (κ1) is 13.3. The van der Waals surface area contributed by atoms with Crippen LogP contribution in [0, 0.1) is 12.8 Å². The molecule has 1 aliphatic carbocycles. The van der Waals surface area contributed by atoms with E-state index in [1.807, 2.05) is 35.8 Å². The Morgan fingerprint density at radius 2 is 2.20 bits per heavy atom. The van der Waals surface area contributed by atoms with E-state index in [0.29, 0.717) is 10.9 Å². The van der Waals surface area contributed by atoms with E-state index in [2.05, 4.69) is 19.1 Å². The molecule has 0 aliphatic heterocycles. The van der Waals surface area contributed by atoms with Crippen molar-refractivity contribution in [2.75, 3.05) is 0 Å². The molecule has 0 saturated heterocycles. The molecule has 3 heteroatoms. The highest BCUT2D eigenvalue weighted by atomic mass is 35.5. The van der Waals surface area contributed by atoms with Gasteiger partial charge in [-0.25, -0.2) is 0 Å². The Balaban J connectivity index is 2.31. The Morgan fingerprint density at radius 1 is 1.40 bits per heavy atom. The number of hydrogen-bond donors (Lipinski definition) is 1. The summed E-state index contributed by atoms with van der Waals surface area (Å²) in [6, 6.07) is 7.62. The molecular formula is C17H18ClNO. The van der Waals surface area contributed by atoms with Gasteiger partial charge in [-0.15, -0.1) is 0 Å². The number of fused-ring (bicyclic) bond motifs is 1. The van der Waals surface area contributed by atoms with Gasteiger partial charge in [0.25, 0.3) is 0 Å². The molecule has 1 atom stereocenters. The minimum atomic E-state index is 0.246. The molecule has 0 bridgehead atoms. The van der Waals surface area contributed by atoms with Crippen molar-refractivity contribution in [2.24, 2.45) is 5.92 Å². The smallest absolute Gasteiger partial charge is 0.196 e. The van der Waals surface area contributed by atoms with Crippen LogP contribution in [-0.4, -0.2) is 9.67 Å². The number of halogens is 1. The lowest BCUT2D eigenvalue weighted by molar-refractivity contribution is 0.441. The van der Waals surface area contributed by atoms with E-state index in [1.165, 1.54) is 0 Å². The third-order valence-corrected chi connectivity index (χ3v) is 4.32. The quantitative estimate of drug-likeness (QED) is 0.902. The van der Waals surface area contributed by atoms with Crippen LogP contribution in [-0.2, 0) is 0 Å². The second-order valence-corrected chi connectivity index (χ2v) is 5.77. The van der Waals surface area contributed by atoms with Gasteiger partial charge in [0.2, 0.25) is 0 Å². The van der Waals surface area contributed by atoms with Gasteiger partial charge >= 0.3 is 0 Å². The van der Waals surface area contributed by atoms with Gasteiger partial charge in [0, 0.05) is 6.07 Å². The number of aromatic nitrogens is 1. The maximum absolute atomic E-state index is 10.3. The first-order valence-electron chi connectivity index (χ1n) is 7.00. The molecule has 0 amide bonds. The number of rotatable bonds is 2. The lowest BCUT2D eigenvalue weighted by Gasteiger charge is -2.14. The highest BCUT2D eigenvalue weighted by Crippen LogP contribution is 2.26. The summed E-state index contributed by atoms with van der Waals surface area (Å²) < 4.78 is 1.86. The van der Waals surface area contributed by atoms with Crippen molar-refractivity contribution in [1.29, 1.82) is 0 Å². The number of aryl methyl sites for hydroxylation is 1. The van der Waals surface area contributed by atoms with Gasteiger partial charge in [-0.2, -0.15) is 0 Å². The van der Waals surface area contributed by atoms with Crippen LogP contribution >= 0.6 is 11.6 Å². The predicted molar refractivity (Wildman–Crippen MR) is 83.8 cm³/mol. The molecule has 0 radical (unpaired) electrons. The summed E-state index contributed by atoms with van der Waals surface area (Å²) in [6.07, 6.45) is 6.58. The third-order valence-electron chi connectivity index (χ3n) is 4.02. The van der Waals surface area contributed by atoms with Crippen LogP contribution < -0.4 is 10.6 Å². The Bertz CT molecular complexity index is 753. The van der Waals surface area contributed by atoms with Crippen LogP contribution in [0.5, 0.6) is 5.88 Å². The molecule has 1 aromatic heterocycles. The Kier molecular flexibility index (Phi) is 3.35. The van der Waals surface area contributed by atoms with Crippen molar-refractivity contribution in [3.8, 4) is 11.6 Å². The molecule has 1 aliphatic rings. The molecule has 0 saturated carbocycles. The molecule has 1 aromatic carbocycles. The van der Waals surface area contributed by atoms with Gasteiger partial charge in [0.05, 0.1) is 16.1 Å². The van der Waals surface area contributed by atoms with Gasteiger partial charge in [0.1, 0.15) is 0 Å². The summed E-state index contributed by atoms with van der Waals surface area (Å²) in [5.41, 5.74) is 1.92. The molecule has 2 nitrogen and oxygen atoms in total. The van der Waals surface area contributed by atoms with E-state index in [-0.39, 0.29) is 5.88 Å². The molecule has 104 valence electrons. The van der Waals surface area contributed by atoms with Crippen molar-refractivity contribution in [3.63, 3.8) is 0 Å². The second kappa shape index (κ2) is 5.02. The second-order valence-electron chi connectivity index (χ2n) is 5.36. The molecule has 1 unspecified atom stereocenters. The molecule has 0 fully saturated rings. The van der Waals surface area contributed by atoms with Crippen molar-refractivity contribution >= 4 is 23.8 Å². The summed E-state index contributed by atoms with van der Waals surface area (Å²) >= 11 is 6.34. The van der Waals surface area contributed by atoms with Gasteiger partial charge in [-0.05, 0) is 42.5 Å². The predicted octanol–water partition coefficient (Wildman–Crippen LogP) is 3.14. The zero-order chi connectivity index (χ0) is 14.3. The Morgan fingerprint density at radius 3 is 2.90 bits per heavy atom. The van der Waals surface area contributed by atoms with E-state index >= 15 is 0 Å². The number of aromatic hydroxyl groups is 1. The van der Waals surface area contributed by atoms with E-state index in [9.17, 15) is 5.11 Å². The number of hydrogen-bond acceptors (Lipinski definition) is 1. The van der Waals surface area contributed by atoms with Gasteiger partial charge in [0.15, 0.2) is 5.88 Å². The third kappa shape index (κ3) is 2.04. The summed E-state index contributed by atoms with van der Waals surface area (Å²) in [7, 11) is 0. The van der Waals surface area contributed by atoms with Crippen LogP contribution in [0.1, 0.15) is 25.3 Å². The maximum Gasteiger partial charge on any atom is 0.196 e.